The van der Waals surface area contributed by atoms with E-state index in [0.717, 1.165) is 30.2 Å². The minimum atomic E-state index is 0.615. The van der Waals surface area contributed by atoms with E-state index in [1.807, 2.05) is 0 Å². The summed E-state index contributed by atoms with van der Waals surface area (Å²) < 4.78 is 5.69. The standard InChI is InChI=1S/C15H19Cl2NO/c16-12-7-13(17)9-14(8-12)19-6-5-18-15(10-1-2-10)11-3-4-11/h7-11,15,18H,1-6H2. The van der Waals surface area contributed by atoms with Crippen LogP contribution in [0.5, 0.6) is 5.75 Å². The molecule has 0 amide bonds. The van der Waals surface area contributed by atoms with Crippen LogP contribution in [0.1, 0.15) is 25.7 Å². The summed E-state index contributed by atoms with van der Waals surface area (Å²) in [5, 5.41) is 4.88. The Labute approximate surface area is 124 Å². The van der Waals surface area contributed by atoms with Crippen LogP contribution >= 0.6 is 23.2 Å². The van der Waals surface area contributed by atoms with Gasteiger partial charge < -0.3 is 10.1 Å². The van der Waals surface area contributed by atoms with E-state index in [1.165, 1.54) is 25.7 Å². The largest absolute Gasteiger partial charge is 0.492 e. The van der Waals surface area contributed by atoms with Crippen LogP contribution in [0, 0.1) is 11.8 Å². The summed E-state index contributed by atoms with van der Waals surface area (Å²) in [4.78, 5) is 0. The molecule has 0 aliphatic heterocycles. The molecule has 0 atom stereocenters. The molecule has 0 unspecified atom stereocenters. The second-order valence-corrected chi connectivity index (χ2v) is 6.48. The number of benzene rings is 1. The predicted octanol–water partition coefficient (Wildman–Crippen LogP) is 4.15. The first-order valence-electron chi connectivity index (χ1n) is 7.04. The quantitative estimate of drug-likeness (QED) is 0.764. The molecule has 0 spiro atoms. The van der Waals surface area contributed by atoms with Crippen LogP contribution in [0.15, 0.2) is 18.2 Å². The number of hydrogen-bond acceptors (Lipinski definition) is 2. The summed E-state index contributed by atoms with van der Waals surface area (Å²) in [5.41, 5.74) is 0. The maximum absolute atomic E-state index is 5.93. The van der Waals surface area contributed by atoms with Crippen molar-refractivity contribution in [2.75, 3.05) is 13.2 Å². The smallest absolute Gasteiger partial charge is 0.122 e. The summed E-state index contributed by atoms with van der Waals surface area (Å²) >= 11 is 11.9. The van der Waals surface area contributed by atoms with Gasteiger partial charge >= 0.3 is 0 Å². The minimum Gasteiger partial charge on any atom is -0.492 e. The van der Waals surface area contributed by atoms with Crippen LogP contribution in [0.2, 0.25) is 10.0 Å². The second kappa shape index (κ2) is 5.90. The van der Waals surface area contributed by atoms with E-state index < -0.39 is 0 Å². The normalized spacial score (nSPS) is 18.9. The number of ether oxygens (including phenoxy) is 1. The van der Waals surface area contributed by atoms with Crippen LogP contribution in [-0.2, 0) is 0 Å². The van der Waals surface area contributed by atoms with Crippen molar-refractivity contribution in [1.82, 2.24) is 5.32 Å². The highest BCUT2D eigenvalue weighted by atomic mass is 35.5. The fourth-order valence-electron chi connectivity index (χ4n) is 2.64. The number of nitrogens with one attached hydrogen (secondary N) is 1. The van der Waals surface area contributed by atoms with Crippen LogP contribution in [0.4, 0.5) is 0 Å². The molecular formula is C15H19Cl2NO. The minimum absolute atomic E-state index is 0.615. The lowest BCUT2D eigenvalue weighted by Crippen LogP contribution is -2.36. The van der Waals surface area contributed by atoms with Crippen LogP contribution in [-0.4, -0.2) is 19.2 Å². The van der Waals surface area contributed by atoms with Gasteiger partial charge in [0.2, 0.25) is 0 Å². The van der Waals surface area contributed by atoms with Crippen molar-refractivity contribution in [3.8, 4) is 5.75 Å². The molecule has 0 saturated heterocycles. The molecule has 104 valence electrons. The molecule has 0 radical (unpaired) electrons. The SMILES string of the molecule is Clc1cc(Cl)cc(OCCNC(C2CC2)C2CC2)c1. The lowest BCUT2D eigenvalue weighted by atomic mass is 10.1. The van der Waals surface area contributed by atoms with Crippen LogP contribution < -0.4 is 10.1 Å². The highest BCUT2D eigenvalue weighted by Gasteiger charge is 2.40. The topological polar surface area (TPSA) is 21.3 Å². The van der Waals surface area contributed by atoms with Gasteiger partial charge in [-0.05, 0) is 55.7 Å². The summed E-state index contributed by atoms with van der Waals surface area (Å²) in [5.74, 6) is 2.59. The van der Waals surface area contributed by atoms with Crippen LogP contribution in [0.3, 0.4) is 0 Å². The van der Waals surface area contributed by atoms with Gasteiger partial charge in [-0.25, -0.2) is 0 Å². The van der Waals surface area contributed by atoms with Gasteiger partial charge in [0.05, 0.1) is 0 Å². The highest BCUT2D eigenvalue weighted by Crippen LogP contribution is 2.44. The van der Waals surface area contributed by atoms with E-state index in [2.05, 4.69) is 5.32 Å². The van der Waals surface area contributed by atoms with Gasteiger partial charge in [0, 0.05) is 22.6 Å². The fourth-order valence-corrected chi connectivity index (χ4v) is 3.14. The van der Waals surface area contributed by atoms with Gasteiger partial charge in [-0.15, -0.1) is 0 Å². The molecule has 1 N–H and O–H groups in total. The first-order valence-corrected chi connectivity index (χ1v) is 7.80. The Balaban J connectivity index is 1.42. The van der Waals surface area contributed by atoms with E-state index in [9.17, 15) is 0 Å². The zero-order chi connectivity index (χ0) is 13.2. The lowest BCUT2D eigenvalue weighted by Gasteiger charge is -2.17. The van der Waals surface area contributed by atoms with E-state index in [1.54, 1.807) is 18.2 Å². The fraction of sp³-hybridized carbons (Fsp3) is 0.600. The van der Waals surface area contributed by atoms with Gasteiger partial charge in [0.1, 0.15) is 12.4 Å². The molecule has 0 bridgehead atoms. The van der Waals surface area contributed by atoms with Crippen molar-refractivity contribution in [2.24, 2.45) is 11.8 Å². The summed E-state index contributed by atoms with van der Waals surface area (Å²) in [7, 11) is 0. The Morgan fingerprint density at radius 1 is 1.05 bits per heavy atom. The molecule has 2 fully saturated rings. The third kappa shape index (κ3) is 4.01. The Hall–Kier alpha value is -0.440. The second-order valence-electron chi connectivity index (χ2n) is 5.61. The molecular weight excluding hydrogens is 281 g/mol. The summed E-state index contributed by atoms with van der Waals surface area (Å²) in [6.07, 6.45) is 5.61. The number of rotatable bonds is 7. The first-order chi connectivity index (χ1) is 9.22. The Bertz CT molecular complexity index is 412. The molecule has 1 aromatic rings. The van der Waals surface area contributed by atoms with Gasteiger partial charge in [0.15, 0.2) is 0 Å². The third-order valence-corrected chi connectivity index (χ3v) is 4.28. The molecule has 2 saturated carbocycles. The maximum atomic E-state index is 5.93. The van der Waals surface area contributed by atoms with Gasteiger partial charge in [-0.1, -0.05) is 23.2 Å². The van der Waals surface area contributed by atoms with E-state index in [-0.39, 0.29) is 0 Å². The predicted molar refractivity (Wildman–Crippen MR) is 79.2 cm³/mol. The van der Waals surface area contributed by atoms with Gasteiger partial charge in [-0.3, -0.25) is 0 Å². The van der Waals surface area contributed by atoms with E-state index in [0.29, 0.717) is 16.7 Å². The molecule has 1 aromatic carbocycles. The highest BCUT2D eigenvalue weighted by molar-refractivity contribution is 6.34. The molecule has 2 nitrogen and oxygen atoms in total. The van der Waals surface area contributed by atoms with E-state index in [4.69, 9.17) is 27.9 Å². The lowest BCUT2D eigenvalue weighted by molar-refractivity contribution is 0.294. The average Bonchev–Trinajstić information content (AvgIpc) is 3.22. The van der Waals surface area contributed by atoms with Crippen molar-refractivity contribution >= 4 is 23.2 Å². The van der Waals surface area contributed by atoms with Gasteiger partial charge in [-0.2, -0.15) is 0 Å². The zero-order valence-corrected chi connectivity index (χ0v) is 12.4. The Morgan fingerprint density at radius 2 is 1.63 bits per heavy atom. The molecule has 0 aromatic heterocycles. The Morgan fingerprint density at radius 3 is 2.16 bits per heavy atom. The summed E-state index contributed by atoms with van der Waals surface area (Å²) in [6, 6.07) is 6.04. The van der Waals surface area contributed by atoms with Crippen molar-refractivity contribution in [3.05, 3.63) is 28.2 Å². The molecule has 19 heavy (non-hydrogen) atoms. The Kier molecular flexibility index (Phi) is 4.21. The van der Waals surface area contributed by atoms with Crippen molar-refractivity contribution in [3.63, 3.8) is 0 Å². The zero-order valence-electron chi connectivity index (χ0n) is 10.9. The monoisotopic (exact) mass is 299 g/mol. The molecule has 2 aliphatic carbocycles. The number of hydrogen-bond donors (Lipinski definition) is 1. The molecule has 3 rings (SSSR count). The first kappa shape index (κ1) is 13.5. The maximum Gasteiger partial charge on any atom is 0.122 e. The van der Waals surface area contributed by atoms with Gasteiger partial charge in [0.25, 0.3) is 0 Å². The third-order valence-electron chi connectivity index (χ3n) is 3.85. The van der Waals surface area contributed by atoms with Crippen molar-refractivity contribution in [2.45, 2.75) is 31.7 Å². The van der Waals surface area contributed by atoms with Crippen molar-refractivity contribution in [1.29, 1.82) is 0 Å². The van der Waals surface area contributed by atoms with E-state index >= 15 is 0 Å². The molecule has 4 heteroatoms. The number of halogens is 2. The van der Waals surface area contributed by atoms with Crippen molar-refractivity contribution < 1.29 is 4.74 Å². The summed E-state index contributed by atoms with van der Waals surface area (Å²) in [6.45, 7) is 1.55. The average molecular weight is 300 g/mol. The molecule has 0 heterocycles. The molecule has 2 aliphatic rings. The van der Waals surface area contributed by atoms with Crippen LogP contribution in [0.25, 0.3) is 0 Å².